The number of amides is 2. The summed E-state index contributed by atoms with van der Waals surface area (Å²) in [6, 6.07) is 0. The highest BCUT2D eigenvalue weighted by Crippen LogP contribution is 2.11. The zero-order valence-corrected chi connectivity index (χ0v) is 11.9. The third-order valence-corrected chi connectivity index (χ3v) is 4.15. The Balaban J connectivity index is 1.49. The van der Waals surface area contributed by atoms with Crippen molar-refractivity contribution in [1.82, 2.24) is 19.6 Å². The van der Waals surface area contributed by atoms with Crippen LogP contribution in [0.4, 0.5) is 0 Å². The molecule has 3 rings (SSSR count). The lowest BCUT2D eigenvalue weighted by Gasteiger charge is -2.15. The number of fused-ring (bicyclic) bond motifs is 1. The molecule has 0 unspecified atom stereocenters. The maximum atomic E-state index is 11.8. The molecule has 0 aromatic carbocycles. The van der Waals surface area contributed by atoms with Crippen LogP contribution in [0.3, 0.4) is 0 Å². The first-order valence-electron chi connectivity index (χ1n) is 6.68. The van der Waals surface area contributed by atoms with E-state index in [4.69, 9.17) is 0 Å². The number of imidazole rings is 1. The minimum absolute atomic E-state index is 0.00155. The van der Waals surface area contributed by atoms with Crippen molar-refractivity contribution in [3.63, 3.8) is 0 Å². The Morgan fingerprint density at radius 1 is 1.35 bits per heavy atom. The van der Waals surface area contributed by atoms with Crippen LogP contribution >= 0.6 is 11.3 Å². The summed E-state index contributed by atoms with van der Waals surface area (Å²) in [6.07, 6.45) is 6.08. The first kappa shape index (κ1) is 13.1. The lowest BCUT2D eigenvalue weighted by molar-refractivity contribution is -0.131. The third-order valence-electron chi connectivity index (χ3n) is 3.38. The van der Waals surface area contributed by atoms with E-state index in [-0.39, 0.29) is 24.8 Å². The molecular weight excluding hydrogens is 276 g/mol. The molecule has 106 valence electrons. The molecule has 0 atom stereocenters. The minimum Gasteiger partial charge on any atom is -0.347 e. The predicted molar refractivity (Wildman–Crippen MR) is 75.6 cm³/mol. The quantitative estimate of drug-likeness (QED) is 0.901. The standard InChI is InChI=1S/C13H16N4O2S/c18-11(14-8-12(19)16-3-1-2-4-16)7-10-9-17-5-6-20-13(17)15-10/h5-6,9H,1-4,7-8H2,(H,14,18). The monoisotopic (exact) mass is 292 g/mol. The van der Waals surface area contributed by atoms with Gasteiger partial charge in [-0.05, 0) is 12.8 Å². The molecule has 1 saturated heterocycles. The van der Waals surface area contributed by atoms with Gasteiger partial charge in [0.25, 0.3) is 0 Å². The normalized spacial score (nSPS) is 14.9. The van der Waals surface area contributed by atoms with E-state index < -0.39 is 0 Å². The second-order valence-electron chi connectivity index (χ2n) is 4.87. The van der Waals surface area contributed by atoms with Gasteiger partial charge >= 0.3 is 0 Å². The van der Waals surface area contributed by atoms with Crippen molar-refractivity contribution in [3.05, 3.63) is 23.5 Å². The van der Waals surface area contributed by atoms with Crippen molar-refractivity contribution in [1.29, 1.82) is 0 Å². The number of rotatable bonds is 4. The van der Waals surface area contributed by atoms with E-state index >= 15 is 0 Å². The largest absolute Gasteiger partial charge is 0.347 e. The number of aromatic nitrogens is 2. The Morgan fingerprint density at radius 3 is 2.90 bits per heavy atom. The number of nitrogens with one attached hydrogen (secondary N) is 1. The lowest BCUT2D eigenvalue weighted by Crippen LogP contribution is -2.39. The summed E-state index contributed by atoms with van der Waals surface area (Å²) in [4.78, 5) is 30.6. The SMILES string of the molecule is O=C(Cc1cn2ccsc2n1)NCC(=O)N1CCCC1. The number of carbonyl (C=O) groups excluding carboxylic acids is 2. The molecule has 1 aliphatic rings. The highest BCUT2D eigenvalue weighted by atomic mass is 32.1. The van der Waals surface area contributed by atoms with Gasteiger partial charge in [-0.15, -0.1) is 11.3 Å². The maximum Gasteiger partial charge on any atom is 0.241 e. The molecule has 0 spiro atoms. The van der Waals surface area contributed by atoms with Gasteiger partial charge in [0.05, 0.1) is 18.7 Å². The highest BCUT2D eigenvalue weighted by Gasteiger charge is 2.18. The molecule has 20 heavy (non-hydrogen) atoms. The summed E-state index contributed by atoms with van der Waals surface area (Å²) in [5, 5.41) is 4.61. The molecule has 0 aliphatic carbocycles. The third kappa shape index (κ3) is 2.82. The second kappa shape index (κ2) is 5.62. The molecule has 1 aliphatic heterocycles. The van der Waals surface area contributed by atoms with Crippen molar-refractivity contribution >= 4 is 28.1 Å². The Hall–Kier alpha value is -1.89. The van der Waals surface area contributed by atoms with Gasteiger partial charge in [-0.25, -0.2) is 4.98 Å². The Bertz CT molecular complexity index is 599. The summed E-state index contributed by atoms with van der Waals surface area (Å²) in [5.41, 5.74) is 0.725. The number of carbonyl (C=O) groups is 2. The van der Waals surface area contributed by atoms with Gasteiger partial charge < -0.3 is 10.2 Å². The number of likely N-dealkylation sites (tertiary alicyclic amines) is 1. The fraction of sp³-hybridized carbons (Fsp3) is 0.462. The molecule has 1 fully saturated rings. The number of thiazole rings is 1. The van der Waals surface area contributed by atoms with Crippen molar-refractivity contribution in [2.24, 2.45) is 0 Å². The Kier molecular flexibility index (Phi) is 3.68. The zero-order valence-electron chi connectivity index (χ0n) is 11.0. The predicted octanol–water partition coefficient (Wildman–Crippen LogP) is 0.677. The van der Waals surface area contributed by atoms with Crippen LogP contribution in [0.2, 0.25) is 0 Å². The molecule has 6 nitrogen and oxygen atoms in total. The van der Waals surface area contributed by atoms with Crippen LogP contribution in [-0.2, 0) is 16.0 Å². The molecular formula is C13H16N4O2S. The van der Waals surface area contributed by atoms with Gasteiger partial charge in [0.1, 0.15) is 0 Å². The van der Waals surface area contributed by atoms with Crippen molar-refractivity contribution in [3.8, 4) is 0 Å². The number of hydrogen-bond acceptors (Lipinski definition) is 4. The first-order valence-corrected chi connectivity index (χ1v) is 7.56. The zero-order chi connectivity index (χ0) is 13.9. The smallest absolute Gasteiger partial charge is 0.241 e. The second-order valence-corrected chi connectivity index (χ2v) is 5.74. The van der Waals surface area contributed by atoms with Gasteiger partial charge in [-0.3, -0.25) is 14.0 Å². The van der Waals surface area contributed by atoms with Crippen LogP contribution in [0.1, 0.15) is 18.5 Å². The molecule has 2 aromatic rings. The lowest BCUT2D eigenvalue weighted by atomic mass is 10.3. The summed E-state index contributed by atoms with van der Waals surface area (Å²) in [7, 11) is 0. The van der Waals surface area contributed by atoms with Crippen LogP contribution < -0.4 is 5.32 Å². The van der Waals surface area contributed by atoms with Crippen molar-refractivity contribution < 1.29 is 9.59 Å². The van der Waals surface area contributed by atoms with E-state index in [1.54, 1.807) is 4.90 Å². The van der Waals surface area contributed by atoms with E-state index in [9.17, 15) is 9.59 Å². The van der Waals surface area contributed by atoms with Gasteiger partial charge in [-0.1, -0.05) is 0 Å². The fourth-order valence-corrected chi connectivity index (χ4v) is 3.06. The van der Waals surface area contributed by atoms with Crippen LogP contribution in [0.15, 0.2) is 17.8 Å². The summed E-state index contributed by atoms with van der Waals surface area (Å²) < 4.78 is 1.89. The van der Waals surface area contributed by atoms with E-state index in [0.29, 0.717) is 0 Å². The first-order chi connectivity index (χ1) is 9.72. The van der Waals surface area contributed by atoms with E-state index in [1.165, 1.54) is 11.3 Å². The number of nitrogens with zero attached hydrogens (tertiary/aromatic N) is 3. The average molecular weight is 292 g/mol. The molecule has 2 amide bonds. The van der Waals surface area contributed by atoms with Gasteiger partial charge in [0.15, 0.2) is 4.96 Å². The molecule has 3 heterocycles. The van der Waals surface area contributed by atoms with Crippen LogP contribution in [0.5, 0.6) is 0 Å². The van der Waals surface area contributed by atoms with Gasteiger partial charge in [-0.2, -0.15) is 0 Å². The fourth-order valence-electron chi connectivity index (χ4n) is 2.34. The topological polar surface area (TPSA) is 66.7 Å². The molecule has 0 radical (unpaired) electrons. The van der Waals surface area contributed by atoms with Crippen molar-refractivity contribution in [2.45, 2.75) is 19.3 Å². The van der Waals surface area contributed by atoms with Crippen LogP contribution in [-0.4, -0.2) is 45.7 Å². The van der Waals surface area contributed by atoms with E-state index in [1.807, 2.05) is 22.2 Å². The highest BCUT2D eigenvalue weighted by molar-refractivity contribution is 7.15. The molecule has 0 saturated carbocycles. The van der Waals surface area contributed by atoms with E-state index in [2.05, 4.69) is 10.3 Å². The Labute approximate surface area is 120 Å². The van der Waals surface area contributed by atoms with Crippen LogP contribution in [0, 0.1) is 0 Å². The Morgan fingerprint density at radius 2 is 2.15 bits per heavy atom. The molecule has 0 bridgehead atoms. The molecule has 7 heteroatoms. The van der Waals surface area contributed by atoms with Crippen molar-refractivity contribution in [2.75, 3.05) is 19.6 Å². The van der Waals surface area contributed by atoms with Crippen LogP contribution in [0.25, 0.3) is 4.96 Å². The minimum atomic E-state index is -0.164. The summed E-state index contributed by atoms with van der Waals surface area (Å²) >= 11 is 1.53. The van der Waals surface area contributed by atoms with Gasteiger partial charge in [0.2, 0.25) is 11.8 Å². The van der Waals surface area contributed by atoms with Gasteiger partial charge in [0, 0.05) is 30.9 Å². The molecule has 1 N–H and O–H groups in total. The maximum absolute atomic E-state index is 11.8. The summed E-state index contributed by atoms with van der Waals surface area (Å²) in [6.45, 7) is 1.71. The van der Waals surface area contributed by atoms with E-state index in [0.717, 1.165) is 36.6 Å². The number of hydrogen-bond donors (Lipinski definition) is 1. The summed E-state index contributed by atoms with van der Waals surface area (Å²) in [5.74, 6) is -0.162. The molecule has 2 aromatic heterocycles. The average Bonchev–Trinajstić information content (AvgIpc) is 3.11.